The fourth-order valence-electron chi connectivity index (χ4n) is 0.891. The van der Waals surface area contributed by atoms with Gasteiger partial charge in [-0.3, -0.25) is 4.79 Å². The summed E-state index contributed by atoms with van der Waals surface area (Å²) >= 11 is 1.49. The normalized spacial score (nSPS) is 8.29. The van der Waals surface area contributed by atoms with E-state index in [1.807, 2.05) is 19.9 Å². The molecule has 98 valence electrons. The number of aryl methyl sites for hydroxylation is 1. The molecule has 0 bridgehead atoms. The molecule has 3 nitrogen and oxygen atoms in total. The minimum Gasteiger partial charge on any atom is -0.365 e. The minimum atomic E-state index is -0.322. The molecular formula is C13H23NO2S. The van der Waals surface area contributed by atoms with Crippen molar-refractivity contribution in [1.82, 2.24) is 0 Å². The van der Waals surface area contributed by atoms with Crippen molar-refractivity contribution >= 4 is 23.0 Å². The van der Waals surface area contributed by atoms with Crippen LogP contribution >= 0.6 is 11.3 Å². The van der Waals surface area contributed by atoms with Crippen molar-refractivity contribution in [3.8, 4) is 0 Å². The van der Waals surface area contributed by atoms with Gasteiger partial charge in [-0.15, -0.1) is 11.3 Å². The molecular weight excluding hydrogens is 234 g/mol. The van der Waals surface area contributed by atoms with Gasteiger partial charge in [0.1, 0.15) is 5.78 Å². The molecule has 0 aliphatic carbocycles. The summed E-state index contributed by atoms with van der Waals surface area (Å²) in [6.45, 7) is 9.17. The van der Waals surface area contributed by atoms with Crippen LogP contribution in [0.25, 0.3) is 0 Å². The molecule has 4 heteroatoms. The molecule has 0 unspecified atom stereocenters. The van der Waals surface area contributed by atoms with Gasteiger partial charge in [-0.1, -0.05) is 27.2 Å². The zero-order valence-electron chi connectivity index (χ0n) is 11.4. The van der Waals surface area contributed by atoms with Crippen molar-refractivity contribution in [2.75, 3.05) is 0 Å². The number of primary amides is 1. The molecule has 0 aliphatic rings. The van der Waals surface area contributed by atoms with E-state index >= 15 is 0 Å². The van der Waals surface area contributed by atoms with Crippen LogP contribution in [0.2, 0.25) is 0 Å². The summed E-state index contributed by atoms with van der Waals surface area (Å²) in [4.78, 5) is 22.0. The highest BCUT2D eigenvalue weighted by Crippen LogP contribution is 2.16. The maximum absolute atomic E-state index is 10.7. The first kappa shape index (κ1) is 18.2. The monoisotopic (exact) mass is 257 g/mol. The zero-order valence-corrected chi connectivity index (χ0v) is 12.2. The number of Topliss-reactive ketones (excluding diaryl/α,β-unsaturated/α-hetero) is 1. The summed E-state index contributed by atoms with van der Waals surface area (Å²) < 4.78 is 0. The second-order valence-corrected chi connectivity index (χ2v) is 4.46. The lowest BCUT2D eigenvalue weighted by Gasteiger charge is -1.88. The molecule has 1 amide bonds. The van der Waals surface area contributed by atoms with Crippen molar-refractivity contribution in [3.05, 3.63) is 21.9 Å². The van der Waals surface area contributed by atoms with Crippen LogP contribution in [0, 0.1) is 0 Å². The number of nitrogens with two attached hydrogens (primary N) is 1. The van der Waals surface area contributed by atoms with Crippen LogP contribution in [0.4, 0.5) is 0 Å². The number of rotatable bonds is 3. The Morgan fingerprint density at radius 1 is 1.24 bits per heavy atom. The van der Waals surface area contributed by atoms with Crippen LogP contribution in [0.15, 0.2) is 12.1 Å². The summed E-state index contributed by atoms with van der Waals surface area (Å²) in [5, 5.41) is 0. The fraction of sp³-hybridized carbons (Fsp3) is 0.538. The summed E-state index contributed by atoms with van der Waals surface area (Å²) in [5.41, 5.74) is 5.09. The van der Waals surface area contributed by atoms with Crippen molar-refractivity contribution in [1.29, 1.82) is 0 Å². The highest BCUT2D eigenvalue weighted by Gasteiger charge is 2.03. The van der Waals surface area contributed by atoms with Gasteiger partial charge in [-0.2, -0.15) is 0 Å². The molecule has 1 rings (SSSR count). The van der Waals surface area contributed by atoms with Gasteiger partial charge >= 0.3 is 0 Å². The Bertz CT molecular complexity index is 328. The van der Waals surface area contributed by atoms with E-state index < -0.39 is 0 Å². The number of carbonyl (C=O) groups excluding carboxylic acids is 2. The van der Waals surface area contributed by atoms with Crippen LogP contribution in [-0.2, 0) is 11.2 Å². The SMILES string of the molecule is CC.CC(C)=O.CCCc1ccc(C(N)=O)s1. The molecule has 2 N–H and O–H groups in total. The number of hydrogen-bond donors (Lipinski definition) is 1. The predicted molar refractivity (Wildman–Crippen MR) is 74.5 cm³/mol. The number of amides is 1. The molecule has 0 fully saturated rings. The summed E-state index contributed by atoms with van der Waals surface area (Å²) in [5.74, 6) is -0.155. The second-order valence-electron chi connectivity index (χ2n) is 3.29. The Kier molecular flexibility index (Phi) is 12.1. The Hall–Kier alpha value is -1.16. The van der Waals surface area contributed by atoms with Crippen LogP contribution in [0.1, 0.15) is 55.6 Å². The molecule has 0 radical (unpaired) electrons. The van der Waals surface area contributed by atoms with E-state index in [-0.39, 0.29) is 11.7 Å². The van der Waals surface area contributed by atoms with Gasteiger partial charge in [0.15, 0.2) is 0 Å². The van der Waals surface area contributed by atoms with Crippen molar-refractivity contribution in [3.63, 3.8) is 0 Å². The van der Waals surface area contributed by atoms with Gasteiger partial charge in [0.25, 0.3) is 5.91 Å². The molecule has 0 saturated heterocycles. The quantitative estimate of drug-likeness (QED) is 0.902. The first-order chi connectivity index (χ1) is 7.97. The third kappa shape index (κ3) is 11.1. The Labute approximate surface area is 108 Å². The third-order valence-corrected chi connectivity index (χ3v) is 2.56. The van der Waals surface area contributed by atoms with E-state index in [4.69, 9.17) is 5.73 Å². The van der Waals surface area contributed by atoms with Gasteiger partial charge in [-0.25, -0.2) is 0 Å². The summed E-state index contributed by atoms with van der Waals surface area (Å²) in [6, 6.07) is 3.76. The van der Waals surface area contributed by atoms with E-state index in [1.54, 1.807) is 6.07 Å². The smallest absolute Gasteiger partial charge is 0.258 e. The van der Waals surface area contributed by atoms with Gasteiger partial charge in [0.05, 0.1) is 4.88 Å². The van der Waals surface area contributed by atoms with Gasteiger partial charge in [0.2, 0.25) is 0 Å². The number of ketones is 1. The molecule has 1 aromatic rings. The summed E-state index contributed by atoms with van der Waals surface area (Å²) in [6.07, 6.45) is 2.15. The molecule has 0 aliphatic heterocycles. The van der Waals surface area contributed by atoms with E-state index in [0.29, 0.717) is 4.88 Å². The Morgan fingerprint density at radius 2 is 1.71 bits per heavy atom. The molecule has 17 heavy (non-hydrogen) atoms. The van der Waals surface area contributed by atoms with E-state index in [0.717, 1.165) is 12.8 Å². The highest BCUT2D eigenvalue weighted by molar-refractivity contribution is 7.14. The van der Waals surface area contributed by atoms with Crippen molar-refractivity contribution in [2.45, 2.75) is 47.5 Å². The van der Waals surface area contributed by atoms with Gasteiger partial charge < -0.3 is 10.5 Å². The van der Waals surface area contributed by atoms with Crippen LogP contribution in [0.3, 0.4) is 0 Å². The Balaban J connectivity index is 0. The minimum absolute atomic E-state index is 0.167. The average molecular weight is 257 g/mol. The lowest BCUT2D eigenvalue weighted by molar-refractivity contribution is -0.114. The van der Waals surface area contributed by atoms with Crippen molar-refractivity contribution < 1.29 is 9.59 Å². The molecule has 0 spiro atoms. The predicted octanol–water partition coefficient (Wildman–Crippen LogP) is 3.42. The maximum atomic E-state index is 10.7. The van der Waals surface area contributed by atoms with Gasteiger partial charge in [-0.05, 0) is 32.4 Å². The highest BCUT2D eigenvalue weighted by atomic mass is 32.1. The van der Waals surface area contributed by atoms with Crippen molar-refractivity contribution in [2.24, 2.45) is 5.73 Å². The maximum Gasteiger partial charge on any atom is 0.258 e. The van der Waals surface area contributed by atoms with E-state index in [2.05, 4.69) is 6.92 Å². The summed E-state index contributed by atoms with van der Waals surface area (Å²) in [7, 11) is 0. The molecule has 1 aromatic heterocycles. The molecule has 0 aromatic carbocycles. The second kappa shape index (κ2) is 11.3. The largest absolute Gasteiger partial charge is 0.365 e. The van der Waals surface area contributed by atoms with Crippen LogP contribution in [-0.4, -0.2) is 11.7 Å². The average Bonchev–Trinajstić information content (AvgIpc) is 2.69. The number of thiophene rings is 1. The molecule has 1 heterocycles. The van der Waals surface area contributed by atoms with E-state index in [1.165, 1.54) is 30.1 Å². The van der Waals surface area contributed by atoms with Crippen LogP contribution in [0.5, 0.6) is 0 Å². The number of carbonyl (C=O) groups is 2. The van der Waals surface area contributed by atoms with Crippen LogP contribution < -0.4 is 5.73 Å². The van der Waals surface area contributed by atoms with E-state index in [9.17, 15) is 9.59 Å². The first-order valence-corrected chi connectivity index (χ1v) is 6.64. The third-order valence-electron chi connectivity index (χ3n) is 1.40. The zero-order chi connectivity index (χ0) is 13.8. The standard InChI is InChI=1S/C8H11NOS.C3H6O.C2H6/c1-2-3-6-4-5-7(11-6)8(9)10;1-3(2)4;1-2/h4-5H,2-3H2,1H3,(H2,9,10);1-2H3;1-2H3. The lowest BCUT2D eigenvalue weighted by Crippen LogP contribution is -2.08. The fourth-order valence-corrected chi connectivity index (χ4v) is 1.85. The molecule has 0 atom stereocenters. The first-order valence-electron chi connectivity index (χ1n) is 5.83. The molecule has 0 saturated carbocycles. The lowest BCUT2D eigenvalue weighted by atomic mass is 10.3. The Morgan fingerprint density at radius 3 is 2.00 bits per heavy atom. The topological polar surface area (TPSA) is 60.2 Å². The van der Waals surface area contributed by atoms with Gasteiger partial charge in [0, 0.05) is 4.88 Å². The number of hydrogen-bond acceptors (Lipinski definition) is 3.